The summed E-state index contributed by atoms with van der Waals surface area (Å²) in [6.07, 6.45) is 3.49. The van der Waals surface area contributed by atoms with Crippen molar-refractivity contribution >= 4 is 23.1 Å². The quantitative estimate of drug-likeness (QED) is 0.592. The van der Waals surface area contributed by atoms with Gasteiger partial charge in [0.15, 0.2) is 11.6 Å². The Balaban J connectivity index is 2.04. The molecule has 0 aliphatic carbocycles. The average Bonchev–Trinajstić information content (AvgIpc) is 2.66. The summed E-state index contributed by atoms with van der Waals surface area (Å²) in [5.41, 5.74) is 2.79. The number of hydrogen-bond acceptors (Lipinski definition) is 3. The van der Waals surface area contributed by atoms with E-state index in [1.807, 2.05) is 50.2 Å². The molecule has 4 heteroatoms. The van der Waals surface area contributed by atoms with E-state index >= 15 is 0 Å². The summed E-state index contributed by atoms with van der Waals surface area (Å²) in [6, 6.07) is 13.5. The van der Waals surface area contributed by atoms with Crippen LogP contribution >= 0.6 is 0 Å². The number of methoxy groups -OCH3 is 2. The largest absolute Gasteiger partial charge is 0.496 e. The minimum Gasteiger partial charge on any atom is -0.496 e. The van der Waals surface area contributed by atoms with Gasteiger partial charge in [-0.3, -0.25) is 0 Å². The molecule has 0 fully saturated rings. The van der Waals surface area contributed by atoms with Gasteiger partial charge in [-0.1, -0.05) is 38.1 Å². The Morgan fingerprint density at radius 3 is 2.46 bits per heavy atom. The molecule has 0 unspecified atom stereocenters. The molecule has 0 saturated carbocycles. The van der Waals surface area contributed by atoms with Crippen LogP contribution in [0.15, 0.2) is 42.5 Å². The number of halogens is 1. The van der Waals surface area contributed by atoms with Crippen LogP contribution in [0, 0.1) is 5.82 Å². The van der Waals surface area contributed by atoms with Crippen molar-refractivity contribution in [1.29, 1.82) is 0 Å². The van der Waals surface area contributed by atoms with E-state index in [0.29, 0.717) is 11.3 Å². The van der Waals surface area contributed by atoms with Crippen LogP contribution in [0.3, 0.4) is 0 Å². The van der Waals surface area contributed by atoms with E-state index in [0.717, 1.165) is 22.2 Å². The molecule has 0 bridgehead atoms. The van der Waals surface area contributed by atoms with Crippen molar-refractivity contribution in [2.45, 2.75) is 19.8 Å². The second-order valence-electron chi connectivity index (χ2n) is 6.35. The Morgan fingerprint density at radius 2 is 1.77 bits per heavy atom. The molecule has 0 amide bonds. The summed E-state index contributed by atoms with van der Waals surface area (Å²) >= 11 is 0. The van der Waals surface area contributed by atoms with Gasteiger partial charge in [-0.15, -0.1) is 0 Å². The SMILES string of the molecule is COc1cc(/C=C/c2ccc3ccccc3n2)c(F)c(OC)c1C(C)C. The zero-order chi connectivity index (χ0) is 18.7. The molecular weight excluding hydrogens is 329 g/mol. The molecular formula is C22H22FNO2. The Labute approximate surface area is 153 Å². The number of ether oxygens (including phenoxy) is 2. The van der Waals surface area contributed by atoms with Gasteiger partial charge < -0.3 is 9.47 Å². The third kappa shape index (κ3) is 3.40. The van der Waals surface area contributed by atoms with Crippen molar-refractivity contribution in [3.63, 3.8) is 0 Å². The highest BCUT2D eigenvalue weighted by Crippen LogP contribution is 2.39. The van der Waals surface area contributed by atoms with Crippen LogP contribution in [-0.4, -0.2) is 19.2 Å². The predicted octanol–water partition coefficient (Wildman–Crippen LogP) is 5.68. The monoisotopic (exact) mass is 351 g/mol. The van der Waals surface area contributed by atoms with Crippen molar-refractivity contribution < 1.29 is 13.9 Å². The zero-order valence-electron chi connectivity index (χ0n) is 15.4. The van der Waals surface area contributed by atoms with Crippen LogP contribution < -0.4 is 9.47 Å². The molecule has 3 rings (SSSR count). The summed E-state index contributed by atoms with van der Waals surface area (Å²) in [7, 11) is 3.05. The van der Waals surface area contributed by atoms with Gasteiger partial charge in [-0.05, 0) is 36.3 Å². The molecule has 0 N–H and O–H groups in total. The number of nitrogens with zero attached hydrogens (tertiary/aromatic N) is 1. The van der Waals surface area contributed by atoms with Gasteiger partial charge in [0.25, 0.3) is 0 Å². The third-order valence-electron chi connectivity index (χ3n) is 4.30. The zero-order valence-corrected chi connectivity index (χ0v) is 15.4. The summed E-state index contributed by atoms with van der Waals surface area (Å²) in [5.74, 6) is 0.526. The molecule has 0 spiro atoms. The first kappa shape index (κ1) is 17.9. The van der Waals surface area contributed by atoms with Crippen molar-refractivity contribution in [3.8, 4) is 11.5 Å². The maximum Gasteiger partial charge on any atom is 0.172 e. The van der Waals surface area contributed by atoms with Gasteiger partial charge >= 0.3 is 0 Å². The van der Waals surface area contributed by atoms with Crippen LogP contribution in [0.25, 0.3) is 23.1 Å². The van der Waals surface area contributed by atoms with E-state index < -0.39 is 5.82 Å². The lowest BCUT2D eigenvalue weighted by Crippen LogP contribution is -2.03. The van der Waals surface area contributed by atoms with Gasteiger partial charge in [0.2, 0.25) is 0 Å². The number of para-hydroxylation sites is 1. The predicted molar refractivity (Wildman–Crippen MR) is 104 cm³/mol. The molecule has 0 radical (unpaired) electrons. The molecule has 0 aliphatic rings. The number of benzene rings is 2. The Hall–Kier alpha value is -2.88. The first-order valence-electron chi connectivity index (χ1n) is 8.53. The molecule has 0 aliphatic heterocycles. The van der Waals surface area contributed by atoms with Crippen molar-refractivity contribution in [1.82, 2.24) is 4.98 Å². The standard InChI is InChI=1S/C22H22FNO2/c1-14(2)20-19(25-3)13-16(21(23)22(20)26-4)10-12-17-11-9-15-7-5-6-8-18(15)24-17/h5-14H,1-4H3/b12-10+. The molecule has 134 valence electrons. The highest BCUT2D eigenvalue weighted by molar-refractivity contribution is 5.81. The first-order chi connectivity index (χ1) is 12.5. The number of aromatic nitrogens is 1. The summed E-state index contributed by atoms with van der Waals surface area (Å²) in [5, 5.41) is 1.07. The third-order valence-corrected chi connectivity index (χ3v) is 4.30. The van der Waals surface area contributed by atoms with Crippen LogP contribution in [-0.2, 0) is 0 Å². The minimum absolute atomic E-state index is 0.0783. The summed E-state index contributed by atoms with van der Waals surface area (Å²) in [4.78, 5) is 4.58. The normalized spacial score (nSPS) is 11.5. The number of hydrogen-bond donors (Lipinski definition) is 0. The molecule has 0 saturated heterocycles. The van der Waals surface area contributed by atoms with Crippen LogP contribution in [0.1, 0.15) is 36.6 Å². The molecule has 1 heterocycles. The highest BCUT2D eigenvalue weighted by atomic mass is 19.1. The van der Waals surface area contributed by atoms with E-state index in [9.17, 15) is 4.39 Å². The van der Waals surface area contributed by atoms with E-state index in [1.165, 1.54) is 7.11 Å². The molecule has 1 aromatic heterocycles. The average molecular weight is 351 g/mol. The van der Waals surface area contributed by atoms with E-state index in [1.54, 1.807) is 25.3 Å². The van der Waals surface area contributed by atoms with Crippen LogP contribution in [0.5, 0.6) is 11.5 Å². The summed E-state index contributed by atoms with van der Waals surface area (Å²) < 4.78 is 25.7. The van der Waals surface area contributed by atoms with Gasteiger partial charge in [0.05, 0.1) is 25.4 Å². The van der Waals surface area contributed by atoms with Crippen LogP contribution in [0.4, 0.5) is 4.39 Å². The second kappa shape index (κ2) is 7.56. The van der Waals surface area contributed by atoms with Gasteiger partial charge in [-0.2, -0.15) is 0 Å². The Bertz CT molecular complexity index is 964. The Kier molecular flexibility index (Phi) is 5.21. The van der Waals surface area contributed by atoms with E-state index in [4.69, 9.17) is 9.47 Å². The fourth-order valence-electron chi connectivity index (χ4n) is 3.03. The lowest BCUT2D eigenvalue weighted by molar-refractivity contribution is 0.362. The molecule has 2 aromatic carbocycles. The van der Waals surface area contributed by atoms with Crippen molar-refractivity contribution in [3.05, 3.63) is 65.1 Å². The fourth-order valence-corrected chi connectivity index (χ4v) is 3.03. The maximum atomic E-state index is 14.9. The fraction of sp³-hybridized carbons (Fsp3) is 0.227. The molecule has 3 nitrogen and oxygen atoms in total. The topological polar surface area (TPSA) is 31.4 Å². The van der Waals surface area contributed by atoms with Gasteiger partial charge in [0, 0.05) is 16.5 Å². The Morgan fingerprint density at radius 1 is 1.00 bits per heavy atom. The number of rotatable bonds is 5. The number of fused-ring (bicyclic) bond motifs is 1. The van der Waals surface area contributed by atoms with Crippen molar-refractivity contribution in [2.24, 2.45) is 0 Å². The molecule has 3 aromatic rings. The highest BCUT2D eigenvalue weighted by Gasteiger charge is 2.21. The van der Waals surface area contributed by atoms with Gasteiger partial charge in [-0.25, -0.2) is 9.37 Å². The lowest BCUT2D eigenvalue weighted by Gasteiger charge is -2.18. The lowest BCUT2D eigenvalue weighted by atomic mass is 9.97. The first-order valence-corrected chi connectivity index (χ1v) is 8.53. The van der Waals surface area contributed by atoms with Crippen LogP contribution in [0.2, 0.25) is 0 Å². The smallest absolute Gasteiger partial charge is 0.172 e. The molecule has 0 atom stereocenters. The van der Waals surface area contributed by atoms with E-state index in [-0.39, 0.29) is 11.7 Å². The summed E-state index contributed by atoms with van der Waals surface area (Å²) in [6.45, 7) is 3.96. The number of pyridine rings is 1. The van der Waals surface area contributed by atoms with E-state index in [2.05, 4.69) is 4.98 Å². The second-order valence-corrected chi connectivity index (χ2v) is 6.35. The van der Waals surface area contributed by atoms with Gasteiger partial charge in [0.1, 0.15) is 5.75 Å². The van der Waals surface area contributed by atoms with Crippen molar-refractivity contribution in [2.75, 3.05) is 14.2 Å². The maximum absolute atomic E-state index is 14.9. The molecule has 26 heavy (non-hydrogen) atoms. The minimum atomic E-state index is -0.394.